The third kappa shape index (κ3) is 2.28. The van der Waals surface area contributed by atoms with Crippen LogP contribution in [0.15, 0.2) is 42.9 Å². The maximum atomic E-state index is 11.5. The van der Waals surface area contributed by atoms with Gasteiger partial charge in [0.25, 0.3) is 0 Å². The lowest BCUT2D eigenvalue weighted by molar-refractivity contribution is 0.111. The number of carbonyl (C=O) groups is 1. The van der Waals surface area contributed by atoms with Gasteiger partial charge in [0, 0.05) is 35.8 Å². The van der Waals surface area contributed by atoms with Crippen LogP contribution in [0, 0.1) is 0 Å². The van der Waals surface area contributed by atoms with Gasteiger partial charge >= 0.3 is 0 Å². The van der Waals surface area contributed by atoms with Crippen LogP contribution < -0.4 is 4.90 Å². The first-order chi connectivity index (χ1) is 12.8. The molecule has 0 atom stereocenters. The van der Waals surface area contributed by atoms with Crippen LogP contribution in [0.2, 0.25) is 0 Å². The Morgan fingerprint density at radius 3 is 2.92 bits per heavy atom. The Kier molecular flexibility index (Phi) is 3.46. The summed E-state index contributed by atoms with van der Waals surface area (Å²) in [5.74, 6) is 0.824. The molecule has 7 heteroatoms. The highest BCUT2D eigenvalue weighted by atomic mass is 16.5. The number of morpholine rings is 1. The molecule has 1 aromatic carbocycles. The monoisotopic (exact) mass is 347 g/mol. The minimum Gasteiger partial charge on any atom is -0.378 e. The minimum atomic E-state index is 0.513. The Balaban J connectivity index is 1.79. The number of hydrogen-bond donors (Lipinski definition) is 1. The van der Waals surface area contributed by atoms with E-state index in [9.17, 15) is 4.79 Å². The molecule has 0 bridgehead atoms. The highest BCUT2D eigenvalue weighted by Gasteiger charge is 2.19. The van der Waals surface area contributed by atoms with Crippen molar-refractivity contribution < 1.29 is 9.53 Å². The van der Waals surface area contributed by atoms with Crippen molar-refractivity contribution >= 4 is 28.7 Å². The van der Waals surface area contributed by atoms with Crippen LogP contribution in [0.5, 0.6) is 0 Å². The van der Waals surface area contributed by atoms with E-state index in [-0.39, 0.29) is 0 Å². The van der Waals surface area contributed by atoms with Crippen LogP contribution in [0.25, 0.3) is 27.8 Å². The number of rotatable bonds is 3. The second-order valence-corrected chi connectivity index (χ2v) is 6.29. The predicted molar refractivity (Wildman–Crippen MR) is 98.7 cm³/mol. The number of H-pyrrole nitrogens is 1. The van der Waals surface area contributed by atoms with E-state index in [2.05, 4.69) is 14.9 Å². The first-order valence-corrected chi connectivity index (χ1v) is 8.57. The molecule has 0 unspecified atom stereocenters. The average Bonchev–Trinajstić information content (AvgIpc) is 3.34. The number of imidazole rings is 1. The van der Waals surface area contributed by atoms with E-state index in [4.69, 9.17) is 9.72 Å². The highest BCUT2D eigenvalue weighted by molar-refractivity contribution is 5.97. The molecule has 5 rings (SSSR count). The molecular formula is C19H17N5O2. The fraction of sp³-hybridized carbons (Fsp3) is 0.211. The molecule has 4 aromatic rings. The molecule has 130 valence electrons. The number of ether oxygens (including phenoxy) is 1. The van der Waals surface area contributed by atoms with E-state index in [1.54, 1.807) is 6.20 Å². The zero-order valence-electron chi connectivity index (χ0n) is 14.1. The number of aldehydes is 1. The second kappa shape index (κ2) is 5.96. The van der Waals surface area contributed by atoms with Gasteiger partial charge in [0.1, 0.15) is 17.2 Å². The molecule has 1 aliphatic rings. The summed E-state index contributed by atoms with van der Waals surface area (Å²) in [5.41, 5.74) is 4.00. The van der Waals surface area contributed by atoms with E-state index in [0.29, 0.717) is 24.6 Å². The molecule has 0 spiro atoms. The summed E-state index contributed by atoms with van der Waals surface area (Å²) in [7, 11) is 0. The van der Waals surface area contributed by atoms with Gasteiger partial charge in [0.15, 0.2) is 11.9 Å². The summed E-state index contributed by atoms with van der Waals surface area (Å²) in [6.45, 7) is 2.90. The van der Waals surface area contributed by atoms with Crippen molar-refractivity contribution in [2.75, 3.05) is 31.2 Å². The smallest absolute Gasteiger partial charge is 0.168 e. The highest BCUT2D eigenvalue weighted by Crippen LogP contribution is 2.31. The van der Waals surface area contributed by atoms with Gasteiger partial charge in [0.2, 0.25) is 0 Å². The number of aromatic nitrogens is 4. The van der Waals surface area contributed by atoms with Gasteiger partial charge in [-0.1, -0.05) is 12.1 Å². The Hall–Kier alpha value is -3.19. The summed E-state index contributed by atoms with van der Waals surface area (Å²) < 4.78 is 7.28. The van der Waals surface area contributed by atoms with Gasteiger partial charge in [-0.05, 0) is 12.1 Å². The summed E-state index contributed by atoms with van der Waals surface area (Å²) in [6, 6.07) is 8.10. The van der Waals surface area contributed by atoms with Gasteiger partial charge in [-0.25, -0.2) is 9.97 Å². The number of aromatic amines is 1. The molecule has 1 N–H and O–H groups in total. The minimum absolute atomic E-state index is 0.513. The topological polar surface area (TPSA) is 75.5 Å². The molecule has 4 heterocycles. The Labute approximate surface area is 149 Å². The third-order valence-corrected chi connectivity index (χ3v) is 4.81. The van der Waals surface area contributed by atoms with Crippen molar-refractivity contribution in [3.05, 3.63) is 48.5 Å². The van der Waals surface area contributed by atoms with Crippen LogP contribution >= 0.6 is 0 Å². The first-order valence-electron chi connectivity index (χ1n) is 8.57. The molecular weight excluding hydrogens is 330 g/mol. The molecule has 1 aliphatic heterocycles. The van der Waals surface area contributed by atoms with E-state index in [1.807, 2.05) is 41.1 Å². The molecule has 1 saturated heterocycles. The van der Waals surface area contributed by atoms with Gasteiger partial charge in [0.05, 0.1) is 25.6 Å². The standard InChI is InChI=1S/C19H17N5O2/c25-12-13-10-21-19-18(15-2-1-3-16-14(15)4-5-20-16)22-17(11-24(13)19)23-6-8-26-9-7-23/h1-5,10-12,20H,6-9H2. The number of benzene rings is 1. The molecule has 3 aromatic heterocycles. The van der Waals surface area contributed by atoms with Gasteiger partial charge in [-0.2, -0.15) is 0 Å². The predicted octanol–water partition coefficient (Wildman–Crippen LogP) is 2.53. The Morgan fingerprint density at radius 2 is 2.08 bits per heavy atom. The van der Waals surface area contributed by atoms with Crippen molar-refractivity contribution in [2.24, 2.45) is 0 Å². The van der Waals surface area contributed by atoms with E-state index in [0.717, 1.165) is 47.4 Å². The summed E-state index contributed by atoms with van der Waals surface area (Å²) in [6.07, 6.45) is 6.22. The lowest BCUT2D eigenvalue weighted by Gasteiger charge is -2.28. The molecule has 7 nitrogen and oxygen atoms in total. The third-order valence-electron chi connectivity index (χ3n) is 4.81. The second-order valence-electron chi connectivity index (χ2n) is 6.29. The molecule has 26 heavy (non-hydrogen) atoms. The summed E-state index contributed by atoms with van der Waals surface area (Å²) >= 11 is 0. The quantitative estimate of drug-likeness (QED) is 0.577. The number of nitrogens with one attached hydrogen (secondary N) is 1. The maximum absolute atomic E-state index is 11.5. The lowest BCUT2D eigenvalue weighted by atomic mass is 10.1. The average molecular weight is 347 g/mol. The largest absolute Gasteiger partial charge is 0.378 e. The van der Waals surface area contributed by atoms with E-state index in [1.165, 1.54) is 0 Å². The zero-order chi connectivity index (χ0) is 17.5. The fourth-order valence-electron chi connectivity index (χ4n) is 3.50. The van der Waals surface area contributed by atoms with Gasteiger partial charge < -0.3 is 14.6 Å². The lowest BCUT2D eigenvalue weighted by Crippen LogP contribution is -2.37. The van der Waals surface area contributed by atoms with Crippen LogP contribution in [0.3, 0.4) is 0 Å². The summed E-state index contributed by atoms with van der Waals surface area (Å²) in [4.78, 5) is 26.3. The van der Waals surface area contributed by atoms with Crippen LogP contribution in [-0.2, 0) is 4.74 Å². The van der Waals surface area contributed by atoms with E-state index >= 15 is 0 Å². The van der Waals surface area contributed by atoms with Crippen molar-refractivity contribution in [3.63, 3.8) is 0 Å². The molecule has 0 saturated carbocycles. The van der Waals surface area contributed by atoms with Gasteiger partial charge in [-0.15, -0.1) is 0 Å². The van der Waals surface area contributed by atoms with Crippen molar-refractivity contribution in [1.29, 1.82) is 0 Å². The van der Waals surface area contributed by atoms with Crippen LogP contribution in [-0.4, -0.2) is 51.9 Å². The molecule has 0 aliphatic carbocycles. The SMILES string of the molecule is O=Cc1cnc2c(-c3cccc4[nH]ccc34)nc(N3CCOCC3)cn12. The maximum Gasteiger partial charge on any atom is 0.168 e. The normalized spacial score (nSPS) is 15.0. The molecule has 1 fully saturated rings. The number of nitrogens with zero attached hydrogens (tertiary/aromatic N) is 4. The van der Waals surface area contributed by atoms with E-state index < -0.39 is 0 Å². The van der Waals surface area contributed by atoms with Crippen LogP contribution in [0.4, 0.5) is 5.82 Å². The summed E-state index contributed by atoms with van der Waals surface area (Å²) in [5, 5.41) is 1.08. The first kappa shape index (κ1) is 15.1. The number of carbonyl (C=O) groups excluding carboxylic acids is 1. The zero-order valence-corrected chi connectivity index (χ0v) is 14.1. The fourth-order valence-corrected chi connectivity index (χ4v) is 3.50. The van der Waals surface area contributed by atoms with Crippen LogP contribution in [0.1, 0.15) is 10.5 Å². The number of fused-ring (bicyclic) bond motifs is 2. The Morgan fingerprint density at radius 1 is 1.19 bits per heavy atom. The van der Waals surface area contributed by atoms with Gasteiger partial charge in [-0.3, -0.25) is 9.20 Å². The van der Waals surface area contributed by atoms with Crippen molar-refractivity contribution in [2.45, 2.75) is 0 Å². The molecule has 0 radical (unpaired) electrons. The van der Waals surface area contributed by atoms with Crippen molar-refractivity contribution in [3.8, 4) is 11.3 Å². The number of hydrogen-bond acceptors (Lipinski definition) is 5. The Bertz CT molecular complexity index is 1110. The van der Waals surface area contributed by atoms with Crippen molar-refractivity contribution in [1.82, 2.24) is 19.4 Å². The number of anilines is 1. The molecule has 0 amide bonds.